The third-order valence-corrected chi connectivity index (χ3v) is 11.0. The lowest BCUT2D eigenvalue weighted by Gasteiger charge is -2.34. The first kappa shape index (κ1) is 40.0. The van der Waals surface area contributed by atoms with Gasteiger partial charge in [0.1, 0.15) is 11.9 Å². The van der Waals surface area contributed by atoms with Gasteiger partial charge in [-0.05, 0) is 123 Å². The molecule has 0 spiro atoms. The van der Waals surface area contributed by atoms with E-state index in [2.05, 4.69) is 60.6 Å². The monoisotopic (exact) mass is 767 g/mol. The molecule has 3 aromatic carbocycles. The molecule has 1 aliphatic carbocycles. The van der Waals surface area contributed by atoms with Gasteiger partial charge in [0.05, 0.1) is 5.56 Å². The maximum Gasteiger partial charge on any atom is 0.404 e. The molecule has 2 fully saturated rings. The Hall–Kier alpha value is -5.70. The molecule has 2 heterocycles. The average molecular weight is 768 g/mol. The van der Waals surface area contributed by atoms with Gasteiger partial charge in [0.2, 0.25) is 17.6 Å². The summed E-state index contributed by atoms with van der Waals surface area (Å²) in [5, 5.41) is 33.7. The van der Waals surface area contributed by atoms with Gasteiger partial charge in [-0.15, -0.1) is 10.2 Å². The largest absolute Gasteiger partial charge is 0.465 e. The predicted molar refractivity (Wildman–Crippen MR) is 209 cm³/mol. The number of carboxylic acid groups (broad SMARTS) is 1. The van der Waals surface area contributed by atoms with Gasteiger partial charge in [0.15, 0.2) is 0 Å². The highest BCUT2D eigenvalue weighted by molar-refractivity contribution is 5.98. The number of aromatic nitrogens is 4. The molecule has 1 aliphatic heterocycles. The van der Waals surface area contributed by atoms with Gasteiger partial charge in [0, 0.05) is 55.3 Å². The van der Waals surface area contributed by atoms with Crippen molar-refractivity contribution in [3.8, 4) is 22.5 Å². The number of likely N-dealkylation sites (tertiary alicyclic amines) is 1. The molecule has 1 saturated heterocycles. The van der Waals surface area contributed by atoms with E-state index in [9.17, 15) is 23.6 Å². The van der Waals surface area contributed by atoms with Gasteiger partial charge in [-0.1, -0.05) is 30.3 Å². The van der Waals surface area contributed by atoms with Crippen LogP contribution in [0.1, 0.15) is 73.9 Å². The molecule has 296 valence electrons. The van der Waals surface area contributed by atoms with Crippen molar-refractivity contribution in [3.05, 3.63) is 83.2 Å². The SMILES string of the molecule is Cc1cc(C(=O)NC2CCN(C(C)C)CC2)ccc1-c1ccc(C[C@H](NC(=O)[C@H]2CC[C@H](CNC(=O)O)CC2)C(=O)Nc2ccc(-c3nn[nH]n3)c(F)c2)cc1. The van der Waals surface area contributed by atoms with Crippen LogP contribution >= 0.6 is 0 Å². The van der Waals surface area contributed by atoms with Crippen LogP contribution in [0.15, 0.2) is 60.7 Å². The van der Waals surface area contributed by atoms with E-state index in [4.69, 9.17) is 5.11 Å². The Morgan fingerprint density at radius 1 is 0.929 bits per heavy atom. The first-order valence-electron chi connectivity index (χ1n) is 19.3. The Labute approximate surface area is 325 Å². The molecule has 6 N–H and O–H groups in total. The van der Waals surface area contributed by atoms with Crippen LogP contribution in [0.3, 0.4) is 0 Å². The summed E-state index contributed by atoms with van der Waals surface area (Å²) in [6.07, 6.45) is 3.48. The molecular formula is C41H50FN9O5. The van der Waals surface area contributed by atoms with Crippen LogP contribution in [0.2, 0.25) is 0 Å². The number of rotatable bonds is 13. The normalized spacial score (nSPS) is 18.2. The van der Waals surface area contributed by atoms with E-state index in [0.29, 0.717) is 43.8 Å². The number of amides is 4. The highest BCUT2D eigenvalue weighted by Crippen LogP contribution is 2.30. The van der Waals surface area contributed by atoms with Crippen LogP contribution in [-0.4, -0.2) is 92.2 Å². The minimum Gasteiger partial charge on any atom is -0.465 e. The molecule has 56 heavy (non-hydrogen) atoms. The van der Waals surface area contributed by atoms with E-state index >= 15 is 0 Å². The second-order valence-corrected chi connectivity index (χ2v) is 15.2. The second kappa shape index (κ2) is 18.3. The first-order valence-corrected chi connectivity index (χ1v) is 19.3. The Kier molecular flexibility index (Phi) is 13.1. The zero-order valence-corrected chi connectivity index (χ0v) is 32.0. The smallest absolute Gasteiger partial charge is 0.404 e. The molecule has 1 aromatic heterocycles. The van der Waals surface area contributed by atoms with Crippen molar-refractivity contribution in [2.24, 2.45) is 11.8 Å². The molecule has 15 heteroatoms. The fourth-order valence-electron chi connectivity index (χ4n) is 7.65. The van der Waals surface area contributed by atoms with Gasteiger partial charge < -0.3 is 31.3 Å². The highest BCUT2D eigenvalue weighted by atomic mass is 19.1. The number of hydrogen-bond acceptors (Lipinski definition) is 8. The Bertz CT molecular complexity index is 1990. The fourth-order valence-corrected chi connectivity index (χ4v) is 7.65. The number of halogens is 1. The van der Waals surface area contributed by atoms with E-state index in [-0.39, 0.29) is 53.2 Å². The zero-order chi connectivity index (χ0) is 39.8. The lowest BCUT2D eigenvalue weighted by Crippen LogP contribution is -2.48. The number of nitrogens with zero attached hydrogens (tertiary/aromatic N) is 4. The van der Waals surface area contributed by atoms with Crippen LogP contribution in [0, 0.1) is 24.6 Å². The number of carbonyl (C=O) groups excluding carboxylic acids is 3. The highest BCUT2D eigenvalue weighted by Gasteiger charge is 2.30. The van der Waals surface area contributed by atoms with E-state index < -0.39 is 23.9 Å². The van der Waals surface area contributed by atoms with Crippen molar-refractivity contribution in [2.75, 3.05) is 25.0 Å². The minimum atomic E-state index is -1.07. The maximum absolute atomic E-state index is 15.0. The Balaban J connectivity index is 1.12. The van der Waals surface area contributed by atoms with Crippen LogP contribution in [0.5, 0.6) is 0 Å². The molecule has 2 aliphatic rings. The topological polar surface area (TPSA) is 194 Å². The number of benzene rings is 3. The standard InChI is InChI=1S/C41H50FN9O5/c1-24(2)51-18-16-31(17-19-51)44-39(53)30-12-14-33(25(3)20-30)28-8-4-26(5-9-28)21-36(46-38(52)29-10-6-27(7-11-29)23-43-41(55)56)40(54)45-32-13-15-34(35(42)22-32)37-47-49-50-48-37/h4-5,8-9,12-15,20,22,24,27,29,31,36,43H,6-7,10-11,16-19,21,23H2,1-3H3,(H,44,53)(H,45,54)(H,46,52)(H,55,56)(H,47,48,49,50)/t27-,29-,36-/m0/s1. The lowest BCUT2D eigenvalue weighted by molar-refractivity contribution is -0.130. The van der Waals surface area contributed by atoms with Crippen molar-refractivity contribution in [2.45, 2.75) is 83.8 Å². The summed E-state index contributed by atoms with van der Waals surface area (Å²) in [4.78, 5) is 53.8. The molecule has 0 bridgehead atoms. The third-order valence-electron chi connectivity index (χ3n) is 11.0. The summed E-state index contributed by atoms with van der Waals surface area (Å²) in [7, 11) is 0. The van der Waals surface area contributed by atoms with Crippen molar-refractivity contribution in [3.63, 3.8) is 0 Å². The van der Waals surface area contributed by atoms with Gasteiger partial charge in [-0.25, -0.2) is 9.18 Å². The Morgan fingerprint density at radius 2 is 1.64 bits per heavy atom. The molecule has 4 amide bonds. The fraction of sp³-hybridized carbons (Fsp3) is 0.439. The summed E-state index contributed by atoms with van der Waals surface area (Å²) in [6, 6.07) is 17.3. The lowest BCUT2D eigenvalue weighted by atomic mass is 9.81. The first-order chi connectivity index (χ1) is 26.9. The van der Waals surface area contributed by atoms with E-state index in [1.807, 2.05) is 49.4 Å². The summed E-state index contributed by atoms with van der Waals surface area (Å²) in [5.41, 5.74) is 4.60. The van der Waals surface area contributed by atoms with Crippen LogP contribution in [0.4, 0.5) is 14.9 Å². The van der Waals surface area contributed by atoms with E-state index in [0.717, 1.165) is 54.3 Å². The molecule has 1 saturated carbocycles. The van der Waals surface area contributed by atoms with E-state index in [1.165, 1.54) is 12.1 Å². The number of nitrogens with one attached hydrogen (secondary N) is 5. The van der Waals surface area contributed by atoms with Crippen molar-refractivity contribution < 1.29 is 28.7 Å². The number of tetrazole rings is 1. The zero-order valence-electron chi connectivity index (χ0n) is 32.0. The molecule has 4 aromatic rings. The number of aryl methyl sites for hydroxylation is 1. The van der Waals surface area contributed by atoms with Gasteiger partial charge in [-0.3, -0.25) is 14.4 Å². The molecule has 6 rings (SSSR count). The summed E-state index contributed by atoms with van der Waals surface area (Å²) < 4.78 is 15.0. The number of anilines is 1. The third kappa shape index (κ3) is 10.3. The van der Waals surface area contributed by atoms with Crippen molar-refractivity contribution >= 4 is 29.5 Å². The Morgan fingerprint density at radius 3 is 2.27 bits per heavy atom. The number of piperidine rings is 1. The average Bonchev–Trinajstić information content (AvgIpc) is 3.72. The molecule has 0 radical (unpaired) electrons. The van der Waals surface area contributed by atoms with Crippen molar-refractivity contribution in [1.29, 1.82) is 0 Å². The quantitative estimate of drug-likeness (QED) is 0.104. The van der Waals surface area contributed by atoms with Gasteiger partial charge in [-0.2, -0.15) is 5.21 Å². The minimum absolute atomic E-state index is 0.0711. The van der Waals surface area contributed by atoms with Gasteiger partial charge >= 0.3 is 6.09 Å². The van der Waals surface area contributed by atoms with Crippen LogP contribution in [-0.2, 0) is 16.0 Å². The molecule has 1 atom stereocenters. The maximum atomic E-state index is 15.0. The molecular weight excluding hydrogens is 718 g/mol. The second-order valence-electron chi connectivity index (χ2n) is 15.2. The number of H-pyrrole nitrogens is 1. The van der Waals surface area contributed by atoms with Crippen LogP contribution in [0.25, 0.3) is 22.5 Å². The predicted octanol–water partition coefficient (Wildman–Crippen LogP) is 5.32. The summed E-state index contributed by atoms with van der Waals surface area (Å²) in [5.74, 6) is -1.60. The van der Waals surface area contributed by atoms with Gasteiger partial charge in [0.25, 0.3) is 5.91 Å². The molecule has 14 nitrogen and oxygen atoms in total. The molecule has 0 unspecified atom stereocenters. The number of aromatic amines is 1. The summed E-state index contributed by atoms with van der Waals surface area (Å²) in [6.45, 7) is 8.65. The van der Waals surface area contributed by atoms with Crippen LogP contribution < -0.4 is 21.3 Å². The number of carbonyl (C=O) groups is 4. The van der Waals surface area contributed by atoms with Crippen molar-refractivity contribution in [1.82, 2.24) is 41.5 Å². The van der Waals surface area contributed by atoms with E-state index in [1.54, 1.807) is 0 Å². The number of hydrogen-bond donors (Lipinski definition) is 6. The summed E-state index contributed by atoms with van der Waals surface area (Å²) >= 11 is 0.